The molecular weight excluding hydrogens is 249 g/mol. The molecule has 0 fully saturated rings. The maximum atomic E-state index is 13.1. The monoisotopic (exact) mass is 269 g/mol. The van der Waals surface area contributed by atoms with Crippen molar-refractivity contribution in [1.29, 1.82) is 0 Å². The van der Waals surface area contributed by atoms with E-state index in [1.807, 2.05) is 0 Å². The third kappa shape index (κ3) is 3.89. The van der Waals surface area contributed by atoms with Gasteiger partial charge in [0.05, 0.1) is 6.61 Å². The van der Waals surface area contributed by atoms with Crippen molar-refractivity contribution in [2.45, 2.75) is 25.0 Å². The molecule has 0 bridgehead atoms. The van der Waals surface area contributed by atoms with Crippen LogP contribution in [-0.4, -0.2) is 44.1 Å². The van der Waals surface area contributed by atoms with Crippen molar-refractivity contribution in [2.24, 2.45) is 0 Å². The number of nitrogens with one attached hydrogen (secondary N) is 1. The SMILES string of the molecule is COCC(CCO)NCC1Cc2cc(F)ccc2O1. The van der Waals surface area contributed by atoms with E-state index in [2.05, 4.69) is 5.32 Å². The maximum Gasteiger partial charge on any atom is 0.123 e. The summed E-state index contributed by atoms with van der Waals surface area (Å²) in [5.74, 6) is 0.534. The maximum absolute atomic E-state index is 13.1. The van der Waals surface area contributed by atoms with Crippen LogP contribution in [0.25, 0.3) is 0 Å². The lowest BCUT2D eigenvalue weighted by atomic mass is 10.1. The molecule has 5 heteroatoms. The van der Waals surface area contributed by atoms with Gasteiger partial charge >= 0.3 is 0 Å². The molecule has 4 nitrogen and oxygen atoms in total. The summed E-state index contributed by atoms with van der Waals surface area (Å²) in [6, 6.07) is 4.72. The number of aliphatic hydroxyl groups is 1. The van der Waals surface area contributed by atoms with Gasteiger partial charge in [-0.25, -0.2) is 4.39 Å². The van der Waals surface area contributed by atoms with Gasteiger partial charge in [0.15, 0.2) is 0 Å². The molecule has 1 aromatic rings. The van der Waals surface area contributed by atoms with Gasteiger partial charge in [-0.2, -0.15) is 0 Å². The van der Waals surface area contributed by atoms with E-state index >= 15 is 0 Å². The van der Waals surface area contributed by atoms with Crippen LogP contribution in [0.15, 0.2) is 18.2 Å². The highest BCUT2D eigenvalue weighted by molar-refractivity contribution is 5.37. The summed E-state index contributed by atoms with van der Waals surface area (Å²) in [5, 5.41) is 12.3. The molecule has 0 saturated heterocycles. The van der Waals surface area contributed by atoms with Crippen molar-refractivity contribution in [3.63, 3.8) is 0 Å². The lowest BCUT2D eigenvalue weighted by Gasteiger charge is -2.19. The fourth-order valence-corrected chi connectivity index (χ4v) is 2.30. The minimum atomic E-state index is -0.228. The van der Waals surface area contributed by atoms with Gasteiger partial charge < -0.3 is 19.9 Å². The van der Waals surface area contributed by atoms with Crippen molar-refractivity contribution in [1.82, 2.24) is 5.32 Å². The number of fused-ring (bicyclic) bond motifs is 1. The van der Waals surface area contributed by atoms with Crippen molar-refractivity contribution in [3.05, 3.63) is 29.6 Å². The first-order chi connectivity index (χ1) is 9.22. The number of hydrogen-bond donors (Lipinski definition) is 2. The molecule has 0 aromatic heterocycles. The first kappa shape index (κ1) is 14.2. The first-order valence-corrected chi connectivity index (χ1v) is 6.51. The molecule has 2 rings (SSSR count). The van der Waals surface area contributed by atoms with E-state index in [0.29, 0.717) is 26.0 Å². The third-order valence-corrected chi connectivity index (χ3v) is 3.24. The molecule has 1 aliphatic rings. The quantitative estimate of drug-likeness (QED) is 0.779. The fraction of sp³-hybridized carbons (Fsp3) is 0.571. The zero-order valence-corrected chi connectivity index (χ0v) is 11.1. The smallest absolute Gasteiger partial charge is 0.123 e. The lowest BCUT2D eigenvalue weighted by molar-refractivity contribution is 0.138. The molecule has 0 aliphatic carbocycles. The summed E-state index contributed by atoms with van der Waals surface area (Å²) < 4.78 is 23.9. The highest BCUT2D eigenvalue weighted by atomic mass is 19.1. The van der Waals surface area contributed by atoms with E-state index in [1.54, 1.807) is 13.2 Å². The normalized spacial score (nSPS) is 19.0. The van der Waals surface area contributed by atoms with Gasteiger partial charge in [-0.05, 0) is 24.6 Å². The van der Waals surface area contributed by atoms with Crippen LogP contribution in [-0.2, 0) is 11.2 Å². The van der Waals surface area contributed by atoms with E-state index in [0.717, 1.165) is 11.3 Å². The highest BCUT2D eigenvalue weighted by Gasteiger charge is 2.23. The first-order valence-electron chi connectivity index (χ1n) is 6.51. The number of aliphatic hydroxyl groups excluding tert-OH is 1. The van der Waals surface area contributed by atoms with Crippen molar-refractivity contribution >= 4 is 0 Å². The Hall–Kier alpha value is -1.17. The van der Waals surface area contributed by atoms with Crippen molar-refractivity contribution < 1.29 is 19.0 Å². The molecule has 0 radical (unpaired) electrons. The van der Waals surface area contributed by atoms with Gasteiger partial charge in [-0.1, -0.05) is 0 Å². The molecule has 0 spiro atoms. The van der Waals surface area contributed by atoms with Crippen LogP contribution < -0.4 is 10.1 Å². The number of hydrogen-bond acceptors (Lipinski definition) is 4. The molecule has 1 aliphatic heterocycles. The van der Waals surface area contributed by atoms with Gasteiger partial charge in [0, 0.05) is 38.3 Å². The Morgan fingerprint density at radius 2 is 2.42 bits per heavy atom. The average Bonchev–Trinajstić information content (AvgIpc) is 2.78. The summed E-state index contributed by atoms with van der Waals surface area (Å²) in [7, 11) is 1.64. The molecule has 19 heavy (non-hydrogen) atoms. The molecule has 1 heterocycles. The minimum absolute atomic E-state index is 0.00912. The van der Waals surface area contributed by atoms with Crippen LogP contribution in [0.2, 0.25) is 0 Å². The van der Waals surface area contributed by atoms with E-state index in [4.69, 9.17) is 14.6 Å². The molecule has 0 amide bonds. The molecule has 2 atom stereocenters. The number of methoxy groups -OCH3 is 1. The largest absolute Gasteiger partial charge is 0.488 e. The van der Waals surface area contributed by atoms with Crippen LogP contribution in [0.1, 0.15) is 12.0 Å². The number of rotatable bonds is 7. The summed E-state index contributed by atoms with van der Waals surface area (Å²) in [5.41, 5.74) is 0.914. The molecule has 2 N–H and O–H groups in total. The van der Waals surface area contributed by atoms with Crippen LogP contribution in [0.3, 0.4) is 0 Å². The van der Waals surface area contributed by atoms with Gasteiger partial charge in [0.2, 0.25) is 0 Å². The van der Waals surface area contributed by atoms with Crippen LogP contribution in [0.4, 0.5) is 4.39 Å². The fourth-order valence-electron chi connectivity index (χ4n) is 2.30. The average molecular weight is 269 g/mol. The zero-order chi connectivity index (χ0) is 13.7. The van der Waals surface area contributed by atoms with Crippen LogP contribution >= 0.6 is 0 Å². The summed E-state index contributed by atoms with van der Waals surface area (Å²) in [4.78, 5) is 0. The molecule has 2 unspecified atom stereocenters. The van der Waals surface area contributed by atoms with Crippen molar-refractivity contribution in [3.8, 4) is 5.75 Å². The Morgan fingerprint density at radius 3 is 3.16 bits per heavy atom. The van der Waals surface area contributed by atoms with Gasteiger partial charge in [0.25, 0.3) is 0 Å². The second-order valence-corrected chi connectivity index (χ2v) is 4.77. The number of ether oxygens (including phenoxy) is 2. The minimum Gasteiger partial charge on any atom is -0.488 e. The van der Waals surface area contributed by atoms with Crippen LogP contribution in [0, 0.1) is 5.82 Å². The second kappa shape index (κ2) is 6.84. The lowest BCUT2D eigenvalue weighted by Crippen LogP contribution is -2.40. The summed E-state index contributed by atoms with van der Waals surface area (Å²) in [6.07, 6.45) is 1.36. The second-order valence-electron chi connectivity index (χ2n) is 4.77. The molecule has 1 aromatic carbocycles. The van der Waals surface area contributed by atoms with E-state index < -0.39 is 0 Å². The summed E-state index contributed by atoms with van der Waals surface area (Å²) >= 11 is 0. The molecule has 0 saturated carbocycles. The van der Waals surface area contributed by atoms with Gasteiger partial charge in [-0.3, -0.25) is 0 Å². The molecule has 106 valence electrons. The standard InChI is InChI=1S/C14H20FNO3/c1-18-9-12(4-5-17)16-8-13-7-10-6-11(15)2-3-14(10)19-13/h2-3,6,12-13,16-17H,4-5,7-9H2,1H3. The Morgan fingerprint density at radius 1 is 1.58 bits per heavy atom. The predicted molar refractivity (Wildman–Crippen MR) is 69.9 cm³/mol. The zero-order valence-electron chi connectivity index (χ0n) is 11.1. The van der Waals surface area contributed by atoms with E-state index in [9.17, 15) is 4.39 Å². The van der Waals surface area contributed by atoms with Gasteiger partial charge in [0.1, 0.15) is 17.7 Å². The Labute approximate surface area is 112 Å². The van der Waals surface area contributed by atoms with Crippen LogP contribution in [0.5, 0.6) is 5.75 Å². The predicted octanol–water partition coefficient (Wildman–Crippen LogP) is 1.12. The third-order valence-electron chi connectivity index (χ3n) is 3.24. The Bertz CT molecular complexity index is 408. The Balaban J connectivity index is 1.82. The van der Waals surface area contributed by atoms with Crippen molar-refractivity contribution in [2.75, 3.05) is 26.9 Å². The van der Waals surface area contributed by atoms with E-state index in [-0.39, 0.29) is 24.6 Å². The topological polar surface area (TPSA) is 50.7 Å². The number of halogens is 1. The summed E-state index contributed by atoms with van der Waals surface area (Å²) in [6.45, 7) is 1.33. The number of benzene rings is 1. The molecular formula is C14H20FNO3. The Kier molecular flexibility index (Phi) is 5.13. The van der Waals surface area contributed by atoms with Gasteiger partial charge in [-0.15, -0.1) is 0 Å². The highest BCUT2D eigenvalue weighted by Crippen LogP contribution is 2.28. The van der Waals surface area contributed by atoms with E-state index in [1.165, 1.54) is 12.1 Å².